The Bertz CT molecular complexity index is 625. The summed E-state index contributed by atoms with van der Waals surface area (Å²) in [4.78, 5) is 13.8. The molecule has 0 aromatic heterocycles. The lowest BCUT2D eigenvalue weighted by Gasteiger charge is -2.21. The minimum absolute atomic E-state index is 0.0130. The topological polar surface area (TPSA) is 52.6 Å². The van der Waals surface area contributed by atoms with Crippen LogP contribution >= 0.6 is 0 Å². The Morgan fingerprint density at radius 1 is 1.19 bits per heavy atom. The highest BCUT2D eigenvalue weighted by molar-refractivity contribution is 5.87. The lowest BCUT2D eigenvalue weighted by atomic mass is 10.0. The van der Waals surface area contributed by atoms with E-state index in [1.807, 2.05) is 49.1 Å². The summed E-state index contributed by atoms with van der Waals surface area (Å²) in [5.41, 5.74) is 0.874. The predicted molar refractivity (Wildman–Crippen MR) is 85.2 cm³/mol. The van der Waals surface area contributed by atoms with Crippen molar-refractivity contribution in [3.63, 3.8) is 0 Å². The first-order chi connectivity index (χ1) is 10.2. The average Bonchev–Trinajstić information content (AvgIpc) is 2.49. The normalized spacial score (nSPS) is 11.0. The molecule has 0 aliphatic rings. The molecule has 0 heterocycles. The number of phenolic OH excluding ortho intramolecular Hbond substituents is 1. The molecule has 0 aliphatic carbocycles. The van der Waals surface area contributed by atoms with Crippen molar-refractivity contribution >= 4 is 16.7 Å². The molecule has 0 fully saturated rings. The van der Waals surface area contributed by atoms with Crippen LogP contribution in [-0.2, 0) is 11.3 Å². The van der Waals surface area contributed by atoms with Gasteiger partial charge in [0.1, 0.15) is 5.75 Å². The Hall–Kier alpha value is -2.07. The largest absolute Gasteiger partial charge is 0.508 e. The van der Waals surface area contributed by atoms with Crippen LogP contribution in [0.2, 0.25) is 0 Å². The van der Waals surface area contributed by atoms with E-state index < -0.39 is 0 Å². The number of hydrogen-bond donors (Lipinski definition) is 2. The van der Waals surface area contributed by atoms with E-state index in [1.165, 1.54) is 0 Å². The maximum atomic E-state index is 11.7. The summed E-state index contributed by atoms with van der Waals surface area (Å²) in [5, 5.41) is 15.1. The van der Waals surface area contributed by atoms with Crippen molar-refractivity contribution in [1.82, 2.24) is 10.2 Å². The van der Waals surface area contributed by atoms with Crippen LogP contribution in [0, 0.1) is 0 Å². The number of phenols is 1. The number of fused-ring (bicyclic) bond motifs is 1. The molecule has 21 heavy (non-hydrogen) atoms. The van der Waals surface area contributed by atoms with Crippen molar-refractivity contribution < 1.29 is 9.90 Å². The number of hydrogen-bond acceptors (Lipinski definition) is 3. The van der Waals surface area contributed by atoms with Crippen molar-refractivity contribution in [3.05, 3.63) is 42.0 Å². The highest BCUT2D eigenvalue weighted by Gasteiger charge is 2.13. The molecule has 0 saturated carbocycles. The highest BCUT2D eigenvalue weighted by atomic mass is 16.3. The van der Waals surface area contributed by atoms with Gasteiger partial charge in [-0.05, 0) is 30.3 Å². The summed E-state index contributed by atoms with van der Waals surface area (Å²) in [7, 11) is 0. The Labute approximate surface area is 125 Å². The van der Waals surface area contributed by atoms with E-state index >= 15 is 0 Å². The van der Waals surface area contributed by atoms with E-state index in [0.29, 0.717) is 19.6 Å². The zero-order chi connectivity index (χ0) is 15.2. The molecule has 2 aromatic rings. The molecule has 0 saturated heterocycles. The second kappa shape index (κ2) is 7.09. The van der Waals surface area contributed by atoms with Gasteiger partial charge >= 0.3 is 0 Å². The van der Waals surface area contributed by atoms with Crippen molar-refractivity contribution in [2.75, 3.05) is 19.6 Å². The minimum atomic E-state index is 0.0130. The van der Waals surface area contributed by atoms with Crippen LogP contribution in [0.4, 0.5) is 0 Å². The summed E-state index contributed by atoms with van der Waals surface area (Å²) < 4.78 is 0. The molecule has 0 radical (unpaired) electrons. The van der Waals surface area contributed by atoms with Crippen molar-refractivity contribution in [2.24, 2.45) is 0 Å². The van der Waals surface area contributed by atoms with Crippen molar-refractivity contribution in [3.8, 4) is 5.75 Å². The SMILES string of the molecule is CCNC(=O)CN(CC)Cc1c(O)ccc2ccccc12. The minimum Gasteiger partial charge on any atom is -0.508 e. The molecule has 0 atom stereocenters. The quantitative estimate of drug-likeness (QED) is 0.858. The molecule has 1 amide bonds. The van der Waals surface area contributed by atoms with E-state index in [4.69, 9.17) is 0 Å². The fourth-order valence-corrected chi connectivity index (χ4v) is 2.45. The third-order valence-electron chi connectivity index (χ3n) is 3.59. The van der Waals surface area contributed by atoms with E-state index in [1.54, 1.807) is 6.07 Å². The molecular formula is C17H22N2O2. The molecule has 4 nitrogen and oxygen atoms in total. The smallest absolute Gasteiger partial charge is 0.234 e. The van der Waals surface area contributed by atoms with E-state index in [-0.39, 0.29) is 11.7 Å². The molecule has 0 spiro atoms. The second-order valence-corrected chi connectivity index (χ2v) is 5.04. The molecule has 2 N–H and O–H groups in total. The van der Waals surface area contributed by atoms with E-state index in [9.17, 15) is 9.90 Å². The zero-order valence-electron chi connectivity index (χ0n) is 12.6. The average molecular weight is 286 g/mol. The standard InChI is InChI=1S/C17H22N2O2/c1-3-18-17(21)12-19(4-2)11-15-14-8-6-5-7-13(14)9-10-16(15)20/h5-10,20H,3-4,11-12H2,1-2H3,(H,18,21). The zero-order valence-corrected chi connectivity index (χ0v) is 12.6. The molecule has 0 aliphatic heterocycles. The van der Waals surface area contributed by atoms with Gasteiger partial charge in [-0.1, -0.05) is 37.3 Å². The lowest BCUT2D eigenvalue weighted by molar-refractivity contribution is -0.122. The van der Waals surface area contributed by atoms with Crippen LogP contribution < -0.4 is 5.32 Å². The molecular weight excluding hydrogens is 264 g/mol. The van der Waals surface area contributed by atoms with Crippen molar-refractivity contribution in [2.45, 2.75) is 20.4 Å². The van der Waals surface area contributed by atoms with Crippen LogP contribution in [0.1, 0.15) is 19.4 Å². The molecule has 4 heteroatoms. The van der Waals surface area contributed by atoms with Crippen LogP contribution in [0.3, 0.4) is 0 Å². The first kappa shape index (κ1) is 15.3. The first-order valence-corrected chi connectivity index (χ1v) is 7.34. The number of amides is 1. The Kier molecular flexibility index (Phi) is 5.17. The fourth-order valence-electron chi connectivity index (χ4n) is 2.45. The van der Waals surface area contributed by atoms with Gasteiger partial charge in [0, 0.05) is 18.7 Å². The Morgan fingerprint density at radius 2 is 1.95 bits per heavy atom. The van der Waals surface area contributed by atoms with Gasteiger partial charge in [0.25, 0.3) is 0 Å². The van der Waals surface area contributed by atoms with Crippen molar-refractivity contribution in [1.29, 1.82) is 0 Å². The molecule has 0 unspecified atom stereocenters. The molecule has 0 bridgehead atoms. The van der Waals surface area contributed by atoms with Crippen LogP contribution in [0.5, 0.6) is 5.75 Å². The van der Waals surface area contributed by atoms with Gasteiger partial charge in [0.05, 0.1) is 6.54 Å². The number of carbonyl (C=O) groups excluding carboxylic acids is 1. The van der Waals surface area contributed by atoms with Gasteiger partial charge in [-0.2, -0.15) is 0 Å². The number of benzene rings is 2. The number of rotatable bonds is 6. The highest BCUT2D eigenvalue weighted by Crippen LogP contribution is 2.28. The Balaban J connectivity index is 2.24. The van der Waals surface area contributed by atoms with Gasteiger partial charge < -0.3 is 10.4 Å². The van der Waals surface area contributed by atoms with Gasteiger partial charge in [-0.25, -0.2) is 0 Å². The monoisotopic (exact) mass is 286 g/mol. The van der Waals surface area contributed by atoms with E-state index in [0.717, 1.165) is 22.9 Å². The molecule has 112 valence electrons. The van der Waals surface area contributed by atoms with E-state index in [2.05, 4.69) is 5.32 Å². The summed E-state index contributed by atoms with van der Waals surface area (Å²) in [6.07, 6.45) is 0. The molecule has 2 rings (SSSR count). The van der Waals surface area contributed by atoms with Gasteiger partial charge in [-0.15, -0.1) is 0 Å². The molecule has 2 aromatic carbocycles. The lowest BCUT2D eigenvalue weighted by Crippen LogP contribution is -2.36. The summed E-state index contributed by atoms with van der Waals surface area (Å²) in [6, 6.07) is 11.6. The summed E-state index contributed by atoms with van der Waals surface area (Å²) in [6.45, 7) is 6.20. The third-order valence-corrected chi connectivity index (χ3v) is 3.59. The van der Waals surface area contributed by atoms with Crippen LogP contribution in [0.25, 0.3) is 10.8 Å². The summed E-state index contributed by atoms with van der Waals surface area (Å²) >= 11 is 0. The fraction of sp³-hybridized carbons (Fsp3) is 0.353. The van der Waals surface area contributed by atoms with Gasteiger partial charge in [0.15, 0.2) is 0 Å². The second-order valence-electron chi connectivity index (χ2n) is 5.04. The number of carbonyl (C=O) groups is 1. The number of nitrogens with zero attached hydrogens (tertiary/aromatic N) is 1. The summed E-state index contributed by atoms with van der Waals surface area (Å²) in [5.74, 6) is 0.294. The predicted octanol–water partition coefficient (Wildman–Crippen LogP) is 2.50. The number of nitrogens with one attached hydrogen (secondary N) is 1. The van der Waals surface area contributed by atoms with Gasteiger partial charge in [0.2, 0.25) is 5.91 Å². The number of aromatic hydroxyl groups is 1. The maximum Gasteiger partial charge on any atom is 0.234 e. The Morgan fingerprint density at radius 3 is 2.67 bits per heavy atom. The first-order valence-electron chi connectivity index (χ1n) is 7.34. The van der Waals surface area contributed by atoms with Crippen LogP contribution in [-0.4, -0.2) is 35.5 Å². The number of likely N-dealkylation sites (N-methyl/N-ethyl adjacent to an activating group) is 2. The van der Waals surface area contributed by atoms with Gasteiger partial charge in [-0.3, -0.25) is 9.69 Å². The maximum absolute atomic E-state index is 11.7. The third kappa shape index (κ3) is 3.73. The van der Waals surface area contributed by atoms with Crippen LogP contribution in [0.15, 0.2) is 36.4 Å².